The van der Waals surface area contributed by atoms with Crippen LogP contribution in [-0.4, -0.2) is 16.5 Å². The Morgan fingerprint density at radius 3 is 2.67 bits per heavy atom. The molecule has 1 aliphatic rings. The predicted molar refractivity (Wildman–Crippen MR) is 76.0 cm³/mol. The highest BCUT2D eigenvalue weighted by molar-refractivity contribution is 6.29. The molecule has 0 saturated heterocycles. The SMILES string of the molecule is CCc1nc(Cl)cc(NCC2CCC(C)CC2)n1. The van der Waals surface area contributed by atoms with E-state index in [1.807, 2.05) is 13.0 Å². The van der Waals surface area contributed by atoms with Crippen molar-refractivity contribution in [1.29, 1.82) is 0 Å². The zero-order valence-corrected chi connectivity index (χ0v) is 12.0. The monoisotopic (exact) mass is 267 g/mol. The van der Waals surface area contributed by atoms with Crippen LogP contribution in [0, 0.1) is 11.8 Å². The van der Waals surface area contributed by atoms with E-state index in [9.17, 15) is 0 Å². The molecule has 1 aromatic heterocycles. The van der Waals surface area contributed by atoms with Gasteiger partial charge in [-0.2, -0.15) is 0 Å². The fourth-order valence-corrected chi connectivity index (χ4v) is 2.70. The highest BCUT2D eigenvalue weighted by Gasteiger charge is 2.18. The molecular weight excluding hydrogens is 246 g/mol. The Hall–Kier alpha value is -0.830. The lowest BCUT2D eigenvalue weighted by molar-refractivity contribution is 0.300. The average molecular weight is 268 g/mol. The van der Waals surface area contributed by atoms with Crippen molar-refractivity contribution in [3.63, 3.8) is 0 Å². The summed E-state index contributed by atoms with van der Waals surface area (Å²) in [5, 5.41) is 3.94. The van der Waals surface area contributed by atoms with Crippen molar-refractivity contribution in [2.45, 2.75) is 46.0 Å². The minimum absolute atomic E-state index is 0.529. The van der Waals surface area contributed by atoms with Crippen LogP contribution in [-0.2, 0) is 6.42 Å². The standard InChI is InChI=1S/C14H22ClN3/c1-3-13-17-12(15)8-14(18-13)16-9-11-6-4-10(2)5-7-11/h8,10-11H,3-7,9H2,1-2H3,(H,16,17,18). The molecule has 1 heterocycles. The second-order valence-corrected chi connectivity index (χ2v) is 5.74. The van der Waals surface area contributed by atoms with Gasteiger partial charge in [-0.25, -0.2) is 9.97 Å². The smallest absolute Gasteiger partial charge is 0.134 e. The fourth-order valence-electron chi connectivity index (χ4n) is 2.50. The number of aromatic nitrogens is 2. The van der Waals surface area contributed by atoms with Crippen molar-refractivity contribution in [2.24, 2.45) is 11.8 Å². The molecule has 100 valence electrons. The summed E-state index contributed by atoms with van der Waals surface area (Å²) in [5.41, 5.74) is 0. The molecule has 0 atom stereocenters. The molecule has 0 bridgehead atoms. The number of hydrogen-bond acceptors (Lipinski definition) is 3. The summed E-state index contributed by atoms with van der Waals surface area (Å²) in [6.45, 7) is 5.39. The molecule has 0 spiro atoms. The van der Waals surface area contributed by atoms with Crippen LogP contribution in [0.25, 0.3) is 0 Å². The number of halogens is 1. The van der Waals surface area contributed by atoms with Crippen LogP contribution in [0.1, 0.15) is 45.4 Å². The van der Waals surface area contributed by atoms with E-state index in [4.69, 9.17) is 11.6 Å². The Balaban J connectivity index is 1.88. The largest absolute Gasteiger partial charge is 0.370 e. The molecule has 3 nitrogen and oxygen atoms in total. The van der Waals surface area contributed by atoms with Crippen molar-refractivity contribution >= 4 is 17.4 Å². The van der Waals surface area contributed by atoms with E-state index in [1.165, 1.54) is 25.7 Å². The van der Waals surface area contributed by atoms with E-state index < -0.39 is 0 Å². The Morgan fingerprint density at radius 1 is 1.28 bits per heavy atom. The summed E-state index contributed by atoms with van der Waals surface area (Å²) >= 11 is 5.98. The van der Waals surface area contributed by atoms with Gasteiger partial charge in [0.25, 0.3) is 0 Å². The van der Waals surface area contributed by atoms with E-state index in [2.05, 4.69) is 22.2 Å². The molecule has 0 aromatic carbocycles. The molecule has 0 radical (unpaired) electrons. The second-order valence-electron chi connectivity index (χ2n) is 5.35. The Labute approximate surface area is 114 Å². The van der Waals surface area contributed by atoms with Gasteiger partial charge in [0, 0.05) is 19.0 Å². The van der Waals surface area contributed by atoms with Crippen LogP contribution >= 0.6 is 11.6 Å². The molecule has 2 rings (SSSR count). The third-order valence-corrected chi connectivity index (χ3v) is 3.96. The number of rotatable bonds is 4. The average Bonchev–Trinajstić information content (AvgIpc) is 2.37. The van der Waals surface area contributed by atoms with Crippen molar-refractivity contribution in [3.8, 4) is 0 Å². The first-order valence-electron chi connectivity index (χ1n) is 6.94. The molecule has 1 aliphatic carbocycles. The minimum Gasteiger partial charge on any atom is -0.370 e. The molecule has 1 N–H and O–H groups in total. The topological polar surface area (TPSA) is 37.8 Å². The molecule has 0 unspecified atom stereocenters. The van der Waals surface area contributed by atoms with Crippen LogP contribution < -0.4 is 5.32 Å². The van der Waals surface area contributed by atoms with Crippen LogP contribution in [0.5, 0.6) is 0 Å². The molecule has 0 aliphatic heterocycles. The fraction of sp³-hybridized carbons (Fsp3) is 0.714. The summed E-state index contributed by atoms with van der Waals surface area (Å²) < 4.78 is 0. The zero-order chi connectivity index (χ0) is 13.0. The molecule has 1 aromatic rings. The van der Waals surface area contributed by atoms with Gasteiger partial charge in [-0.15, -0.1) is 0 Å². The minimum atomic E-state index is 0.529. The van der Waals surface area contributed by atoms with Crippen LogP contribution in [0.2, 0.25) is 5.15 Å². The van der Waals surface area contributed by atoms with Gasteiger partial charge in [-0.1, -0.05) is 38.3 Å². The highest BCUT2D eigenvalue weighted by atomic mass is 35.5. The van der Waals surface area contributed by atoms with Crippen molar-refractivity contribution < 1.29 is 0 Å². The van der Waals surface area contributed by atoms with Gasteiger partial charge in [0.05, 0.1) is 0 Å². The Morgan fingerprint density at radius 2 is 2.00 bits per heavy atom. The van der Waals surface area contributed by atoms with Gasteiger partial charge in [0.15, 0.2) is 0 Å². The van der Waals surface area contributed by atoms with Gasteiger partial charge < -0.3 is 5.32 Å². The summed E-state index contributed by atoms with van der Waals surface area (Å²) in [7, 11) is 0. The van der Waals surface area contributed by atoms with Crippen LogP contribution in [0.15, 0.2) is 6.07 Å². The maximum absolute atomic E-state index is 5.98. The van der Waals surface area contributed by atoms with Crippen LogP contribution in [0.3, 0.4) is 0 Å². The molecule has 1 fully saturated rings. The lowest BCUT2D eigenvalue weighted by Gasteiger charge is -2.26. The molecule has 4 heteroatoms. The summed E-state index contributed by atoms with van der Waals surface area (Å²) in [5.74, 6) is 3.36. The molecule has 18 heavy (non-hydrogen) atoms. The van der Waals surface area contributed by atoms with Crippen LogP contribution in [0.4, 0.5) is 5.82 Å². The summed E-state index contributed by atoms with van der Waals surface area (Å²) in [4.78, 5) is 8.62. The van der Waals surface area contributed by atoms with E-state index in [1.54, 1.807) is 0 Å². The van der Waals surface area contributed by atoms with E-state index in [0.29, 0.717) is 5.15 Å². The highest BCUT2D eigenvalue weighted by Crippen LogP contribution is 2.28. The lowest BCUT2D eigenvalue weighted by Crippen LogP contribution is -2.20. The number of hydrogen-bond donors (Lipinski definition) is 1. The Bertz CT molecular complexity index is 387. The van der Waals surface area contributed by atoms with Gasteiger partial charge >= 0.3 is 0 Å². The maximum atomic E-state index is 5.98. The first kappa shape index (κ1) is 13.6. The molecule has 1 saturated carbocycles. The van der Waals surface area contributed by atoms with E-state index in [-0.39, 0.29) is 0 Å². The molecule has 0 amide bonds. The number of anilines is 1. The van der Waals surface area contributed by atoms with Gasteiger partial charge in [0.1, 0.15) is 16.8 Å². The summed E-state index contributed by atoms with van der Waals surface area (Å²) in [6, 6.07) is 1.81. The number of nitrogens with one attached hydrogen (secondary N) is 1. The van der Waals surface area contributed by atoms with Gasteiger partial charge in [-0.3, -0.25) is 0 Å². The van der Waals surface area contributed by atoms with Gasteiger partial charge in [0.2, 0.25) is 0 Å². The van der Waals surface area contributed by atoms with Crippen molar-refractivity contribution in [2.75, 3.05) is 11.9 Å². The van der Waals surface area contributed by atoms with Crippen molar-refractivity contribution in [3.05, 3.63) is 17.0 Å². The third-order valence-electron chi connectivity index (χ3n) is 3.76. The number of nitrogens with zero attached hydrogens (tertiary/aromatic N) is 2. The number of aryl methyl sites for hydroxylation is 1. The van der Waals surface area contributed by atoms with E-state index in [0.717, 1.165) is 36.4 Å². The van der Waals surface area contributed by atoms with Gasteiger partial charge in [-0.05, 0) is 24.7 Å². The van der Waals surface area contributed by atoms with Crippen molar-refractivity contribution in [1.82, 2.24) is 9.97 Å². The quantitative estimate of drug-likeness (QED) is 0.840. The third kappa shape index (κ3) is 3.84. The lowest BCUT2D eigenvalue weighted by atomic mass is 9.83. The Kier molecular flexibility index (Phi) is 4.81. The first-order valence-corrected chi connectivity index (χ1v) is 7.32. The second kappa shape index (κ2) is 6.37. The first-order chi connectivity index (χ1) is 8.67. The predicted octanol–water partition coefficient (Wildman–Crippen LogP) is 3.93. The van der Waals surface area contributed by atoms with E-state index >= 15 is 0 Å². The summed E-state index contributed by atoms with van der Waals surface area (Å²) in [6.07, 6.45) is 6.19. The molecular formula is C14H22ClN3. The normalized spacial score (nSPS) is 23.9. The maximum Gasteiger partial charge on any atom is 0.134 e. The zero-order valence-electron chi connectivity index (χ0n) is 11.2.